The minimum atomic E-state index is 0.216. The molecule has 0 fully saturated rings. The average molecular weight is 229 g/mol. The Morgan fingerprint density at radius 1 is 1.41 bits per heavy atom. The average Bonchev–Trinajstić information content (AvgIpc) is 2.77. The maximum absolute atomic E-state index is 6.01. The molecule has 0 aliphatic rings. The van der Waals surface area contributed by atoms with Gasteiger partial charge in [0, 0.05) is 30.6 Å². The summed E-state index contributed by atoms with van der Waals surface area (Å²) in [7, 11) is 0. The highest BCUT2D eigenvalue weighted by atomic mass is 15.1. The molecule has 0 aliphatic carbocycles. The Balaban J connectivity index is 2.30. The van der Waals surface area contributed by atoms with Crippen LogP contribution < -0.4 is 5.73 Å². The molecule has 2 heterocycles. The highest BCUT2D eigenvalue weighted by Crippen LogP contribution is 2.13. The van der Waals surface area contributed by atoms with Crippen molar-refractivity contribution in [3.8, 4) is 5.82 Å². The van der Waals surface area contributed by atoms with Crippen LogP contribution in [0.1, 0.15) is 24.6 Å². The van der Waals surface area contributed by atoms with Gasteiger partial charge in [-0.05, 0) is 43.2 Å². The third kappa shape index (κ3) is 2.74. The smallest absolute Gasteiger partial charge is 0.137 e. The largest absolute Gasteiger partial charge is 0.327 e. The molecule has 2 N–H and O–H groups in total. The molecule has 1 atom stereocenters. The van der Waals surface area contributed by atoms with E-state index in [2.05, 4.69) is 35.5 Å². The zero-order chi connectivity index (χ0) is 12.3. The molecular weight excluding hydrogens is 210 g/mol. The molecule has 3 heteroatoms. The lowest BCUT2D eigenvalue weighted by Gasteiger charge is -2.12. The summed E-state index contributed by atoms with van der Waals surface area (Å²) in [5, 5.41) is 0. The molecule has 3 nitrogen and oxygen atoms in total. The van der Waals surface area contributed by atoms with E-state index >= 15 is 0 Å². The van der Waals surface area contributed by atoms with Gasteiger partial charge in [0.15, 0.2) is 0 Å². The number of aromatic nitrogens is 2. The lowest BCUT2D eigenvalue weighted by atomic mass is 10.1. The SMILES string of the molecule is CCC(N)Cc1cccn1-c1cc(C)ccn1. The first-order valence-corrected chi connectivity index (χ1v) is 6.05. The zero-order valence-corrected chi connectivity index (χ0v) is 10.4. The highest BCUT2D eigenvalue weighted by Gasteiger charge is 2.08. The number of pyridine rings is 1. The minimum Gasteiger partial charge on any atom is -0.327 e. The maximum atomic E-state index is 6.01. The van der Waals surface area contributed by atoms with Gasteiger partial charge in [-0.1, -0.05) is 6.92 Å². The lowest BCUT2D eigenvalue weighted by Crippen LogP contribution is -2.22. The summed E-state index contributed by atoms with van der Waals surface area (Å²) in [5.74, 6) is 0.966. The molecular formula is C14H19N3. The maximum Gasteiger partial charge on any atom is 0.137 e. The molecule has 2 rings (SSSR count). The summed E-state index contributed by atoms with van der Waals surface area (Å²) < 4.78 is 2.11. The summed E-state index contributed by atoms with van der Waals surface area (Å²) in [5.41, 5.74) is 8.44. The van der Waals surface area contributed by atoms with Crippen LogP contribution >= 0.6 is 0 Å². The van der Waals surface area contributed by atoms with E-state index < -0.39 is 0 Å². The predicted molar refractivity (Wildman–Crippen MR) is 70.3 cm³/mol. The third-order valence-corrected chi connectivity index (χ3v) is 2.98. The number of nitrogens with zero attached hydrogens (tertiary/aromatic N) is 2. The number of rotatable bonds is 4. The van der Waals surface area contributed by atoms with Crippen molar-refractivity contribution in [1.82, 2.24) is 9.55 Å². The molecule has 2 aromatic rings. The Morgan fingerprint density at radius 2 is 2.24 bits per heavy atom. The fourth-order valence-electron chi connectivity index (χ4n) is 1.87. The van der Waals surface area contributed by atoms with Gasteiger partial charge >= 0.3 is 0 Å². The molecule has 0 spiro atoms. The molecule has 0 amide bonds. The topological polar surface area (TPSA) is 43.8 Å². The van der Waals surface area contributed by atoms with Crippen molar-refractivity contribution in [2.75, 3.05) is 0 Å². The van der Waals surface area contributed by atoms with Crippen LogP contribution in [0, 0.1) is 6.92 Å². The van der Waals surface area contributed by atoms with E-state index in [4.69, 9.17) is 5.73 Å². The molecule has 0 saturated carbocycles. The standard InChI is InChI=1S/C14H19N3/c1-3-12(15)10-13-5-4-8-17(13)14-9-11(2)6-7-16-14/h4-9,12H,3,10,15H2,1-2H3. The van der Waals surface area contributed by atoms with Gasteiger partial charge in [-0.3, -0.25) is 0 Å². The van der Waals surface area contributed by atoms with Gasteiger partial charge in [0.05, 0.1) is 0 Å². The van der Waals surface area contributed by atoms with Crippen molar-refractivity contribution in [2.45, 2.75) is 32.7 Å². The van der Waals surface area contributed by atoms with Crippen molar-refractivity contribution in [3.05, 3.63) is 47.9 Å². The molecule has 2 aromatic heterocycles. The van der Waals surface area contributed by atoms with Crippen molar-refractivity contribution in [2.24, 2.45) is 5.73 Å². The summed E-state index contributed by atoms with van der Waals surface area (Å²) in [6, 6.07) is 8.46. The monoisotopic (exact) mass is 229 g/mol. The van der Waals surface area contributed by atoms with Gasteiger partial charge in [0.1, 0.15) is 5.82 Å². The van der Waals surface area contributed by atoms with Gasteiger partial charge in [0.2, 0.25) is 0 Å². The fourth-order valence-corrected chi connectivity index (χ4v) is 1.87. The van der Waals surface area contributed by atoms with Crippen LogP contribution in [0.5, 0.6) is 0 Å². The zero-order valence-electron chi connectivity index (χ0n) is 10.4. The van der Waals surface area contributed by atoms with Crippen LogP contribution in [-0.4, -0.2) is 15.6 Å². The molecule has 1 unspecified atom stereocenters. The van der Waals surface area contributed by atoms with Crippen LogP contribution in [0.4, 0.5) is 0 Å². The lowest BCUT2D eigenvalue weighted by molar-refractivity contribution is 0.629. The third-order valence-electron chi connectivity index (χ3n) is 2.98. The molecule has 0 bridgehead atoms. The van der Waals surface area contributed by atoms with Crippen LogP contribution in [0.15, 0.2) is 36.7 Å². The Bertz CT molecular complexity index is 488. The summed E-state index contributed by atoms with van der Waals surface area (Å²) in [4.78, 5) is 4.40. The highest BCUT2D eigenvalue weighted by molar-refractivity contribution is 5.31. The second-order valence-electron chi connectivity index (χ2n) is 4.43. The van der Waals surface area contributed by atoms with Crippen LogP contribution in [0.3, 0.4) is 0 Å². The fraction of sp³-hybridized carbons (Fsp3) is 0.357. The van der Waals surface area contributed by atoms with E-state index in [1.54, 1.807) is 0 Å². The van der Waals surface area contributed by atoms with E-state index in [0.717, 1.165) is 18.7 Å². The normalized spacial score (nSPS) is 12.6. The molecule has 17 heavy (non-hydrogen) atoms. The molecule has 90 valence electrons. The molecule has 0 aromatic carbocycles. The van der Waals surface area contributed by atoms with E-state index in [1.807, 2.05) is 24.5 Å². The van der Waals surface area contributed by atoms with Crippen molar-refractivity contribution >= 4 is 0 Å². The van der Waals surface area contributed by atoms with Crippen molar-refractivity contribution in [1.29, 1.82) is 0 Å². The van der Waals surface area contributed by atoms with Crippen molar-refractivity contribution < 1.29 is 0 Å². The second kappa shape index (κ2) is 5.15. The first-order chi connectivity index (χ1) is 8.20. The number of hydrogen-bond donors (Lipinski definition) is 1. The van der Waals surface area contributed by atoms with E-state index in [1.165, 1.54) is 11.3 Å². The first kappa shape index (κ1) is 11.9. The quantitative estimate of drug-likeness (QED) is 0.875. The van der Waals surface area contributed by atoms with Gasteiger partial charge in [-0.2, -0.15) is 0 Å². The Hall–Kier alpha value is -1.61. The van der Waals surface area contributed by atoms with Crippen LogP contribution in [0.2, 0.25) is 0 Å². The minimum absolute atomic E-state index is 0.216. The number of hydrogen-bond acceptors (Lipinski definition) is 2. The number of nitrogens with two attached hydrogens (primary N) is 1. The van der Waals surface area contributed by atoms with Gasteiger partial charge in [0.25, 0.3) is 0 Å². The van der Waals surface area contributed by atoms with E-state index in [-0.39, 0.29) is 6.04 Å². The van der Waals surface area contributed by atoms with Crippen LogP contribution in [-0.2, 0) is 6.42 Å². The molecule has 0 aliphatic heterocycles. The summed E-state index contributed by atoms with van der Waals surface area (Å²) >= 11 is 0. The Morgan fingerprint density at radius 3 is 2.94 bits per heavy atom. The Kier molecular flexibility index (Phi) is 3.59. The number of aryl methyl sites for hydroxylation is 1. The first-order valence-electron chi connectivity index (χ1n) is 6.05. The summed E-state index contributed by atoms with van der Waals surface area (Å²) in [6.07, 6.45) is 5.76. The summed E-state index contributed by atoms with van der Waals surface area (Å²) in [6.45, 7) is 4.19. The van der Waals surface area contributed by atoms with Crippen LogP contribution in [0.25, 0.3) is 5.82 Å². The van der Waals surface area contributed by atoms with Gasteiger partial charge < -0.3 is 10.3 Å². The van der Waals surface area contributed by atoms with E-state index in [9.17, 15) is 0 Å². The van der Waals surface area contributed by atoms with E-state index in [0.29, 0.717) is 0 Å². The van der Waals surface area contributed by atoms with Crippen molar-refractivity contribution in [3.63, 3.8) is 0 Å². The second-order valence-corrected chi connectivity index (χ2v) is 4.43. The molecule has 0 saturated heterocycles. The Labute approximate surface area is 102 Å². The van der Waals surface area contributed by atoms with Gasteiger partial charge in [-0.25, -0.2) is 4.98 Å². The predicted octanol–water partition coefficient (Wildman–Crippen LogP) is 2.46. The molecule has 0 radical (unpaired) electrons. The van der Waals surface area contributed by atoms with Gasteiger partial charge in [-0.15, -0.1) is 0 Å².